The molecule has 2 aromatic heterocycles. The number of anilines is 2. The molecule has 9 heteroatoms. The molecule has 35 heavy (non-hydrogen) atoms. The van der Waals surface area contributed by atoms with Crippen LogP contribution in [0.1, 0.15) is 35.5 Å². The van der Waals surface area contributed by atoms with Crippen LogP contribution < -0.4 is 10.0 Å². The summed E-state index contributed by atoms with van der Waals surface area (Å²) in [7, 11) is -3.99. The van der Waals surface area contributed by atoms with E-state index in [-0.39, 0.29) is 16.6 Å². The van der Waals surface area contributed by atoms with E-state index in [0.29, 0.717) is 27.7 Å². The van der Waals surface area contributed by atoms with Gasteiger partial charge < -0.3 is 10.4 Å². The second-order valence-electron chi connectivity index (χ2n) is 7.95. The van der Waals surface area contributed by atoms with Gasteiger partial charge in [-0.3, -0.25) is 9.71 Å². The third kappa shape index (κ3) is 5.39. The zero-order valence-electron chi connectivity index (χ0n) is 19.0. The summed E-state index contributed by atoms with van der Waals surface area (Å²) >= 11 is 0. The number of hydrogen-bond acceptors (Lipinski definition) is 6. The maximum atomic E-state index is 13.4. The van der Waals surface area contributed by atoms with E-state index in [0.717, 1.165) is 5.69 Å². The molecule has 0 saturated heterocycles. The third-order valence-electron chi connectivity index (χ3n) is 4.96. The number of carbonyl (C=O) groups is 1. The van der Waals surface area contributed by atoms with Crippen LogP contribution in [-0.2, 0) is 10.0 Å². The predicted octanol–water partition coefficient (Wildman–Crippen LogP) is 4.35. The number of para-hydroxylation sites is 2. The Bertz CT molecular complexity index is 1570. The summed E-state index contributed by atoms with van der Waals surface area (Å²) in [6, 6.07) is 16.7. The summed E-state index contributed by atoms with van der Waals surface area (Å²) in [4.78, 5) is 19.2. The Morgan fingerprint density at radius 3 is 2.46 bits per heavy atom. The third-order valence-corrected chi connectivity index (χ3v) is 6.36. The van der Waals surface area contributed by atoms with Gasteiger partial charge in [0.25, 0.3) is 10.0 Å². The number of aromatic carboxylic acids is 1. The largest absolute Gasteiger partial charge is 0.477 e. The average molecular weight is 487 g/mol. The first-order chi connectivity index (χ1) is 16.7. The number of hydrogen-bond donors (Lipinski definition) is 3. The number of nitrogens with one attached hydrogen (secondary N) is 2. The van der Waals surface area contributed by atoms with Crippen LogP contribution in [0.2, 0.25) is 0 Å². The molecule has 2 aromatic carbocycles. The summed E-state index contributed by atoms with van der Waals surface area (Å²) < 4.78 is 29.4. The molecule has 0 amide bonds. The molecule has 0 atom stereocenters. The van der Waals surface area contributed by atoms with Crippen molar-refractivity contribution in [2.45, 2.75) is 24.8 Å². The fraction of sp³-hybridized carbons (Fsp3) is 0.115. The zero-order chi connectivity index (χ0) is 25.0. The molecule has 176 valence electrons. The Balaban J connectivity index is 1.68. The summed E-state index contributed by atoms with van der Waals surface area (Å²) in [6.07, 6.45) is 2.93. The number of carboxylic acids is 1. The van der Waals surface area contributed by atoms with E-state index in [1.165, 1.54) is 18.3 Å². The van der Waals surface area contributed by atoms with Gasteiger partial charge in [-0.25, -0.2) is 18.2 Å². The van der Waals surface area contributed by atoms with E-state index in [2.05, 4.69) is 31.8 Å². The minimum Gasteiger partial charge on any atom is -0.477 e. The van der Waals surface area contributed by atoms with Crippen LogP contribution in [0, 0.1) is 11.8 Å². The lowest BCUT2D eigenvalue weighted by Crippen LogP contribution is -2.15. The van der Waals surface area contributed by atoms with Crippen LogP contribution in [0.4, 0.5) is 11.4 Å². The van der Waals surface area contributed by atoms with Crippen molar-refractivity contribution in [3.8, 4) is 11.8 Å². The maximum absolute atomic E-state index is 13.4. The van der Waals surface area contributed by atoms with Gasteiger partial charge in [-0.2, -0.15) is 0 Å². The molecule has 4 rings (SSSR count). The van der Waals surface area contributed by atoms with Crippen LogP contribution in [0.25, 0.3) is 10.9 Å². The highest BCUT2D eigenvalue weighted by Crippen LogP contribution is 2.29. The quantitative estimate of drug-likeness (QED) is 0.347. The van der Waals surface area contributed by atoms with Crippen molar-refractivity contribution in [1.82, 2.24) is 9.97 Å². The highest BCUT2D eigenvalue weighted by Gasteiger charge is 2.20. The van der Waals surface area contributed by atoms with Crippen molar-refractivity contribution in [2.75, 3.05) is 10.0 Å². The van der Waals surface area contributed by atoms with Crippen molar-refractivity contribution in [2.24, 2.45) is 0 Å². The zero-order valence-corrected chi connectivity index (χ0v) is 19.8. The molecular formula is C26H22N4O4S. The van der Waals surface area contributed by atoms with E-state index < -0.39 is 16.0 Å². The second kappa shape index (κ2) is 9.83. The van der Waals surface area contributed by atoms with Crippen molar-refractivity contribution in [3.63, 3.8) is 0 Å². The molecule has 0 aliphatic carbocycles. The van der Waals surface area contributed by atoms with E-state index in [4.69, 9.17) is 5.11 Å². The number of nitrogens with zero attached hydrogens (tertiary/aromatic N) is 2. The maximum Gasteiger partial charge on any atom is 0.354 e. The number of fused-ring (bicyclic) bond motifs is 1. The van der Waals surface area contributed by atoms with Crippen LogP contribution in [0.3, 0.4) is 0 Å². The SMILES string of the molecule is CC(C)Nc1ccnc2c(S(=O)(=O)Nc3ccccc3C#Cc3ccc(C(=O)O)nc3)cccc12. The minimum atomic E-state index is -3.99. The summed E-state index contributed by atoms with van der Waals surface area (Å²) in [6.45, 7) is 4.01. The molecule has 2 heterocycles. The molecule has 0 aliphatic rings. The topological polar surface area (TPSA) is 121 Å². The number of carboxylic acid groups (broad SMARTS) is 1. The summed E-state index contributed by atoms with van der Waals surface area (Å²) in [5.74, 6) is 4.69. The first-order valence-electron chi connectivity index (χ1n) is 10.7. The van der Waals surface area contributed by atoms with Gasteiger partial charge in [0.05, 0.1) is 11.2 Å². The molecule has 4 aromatic rings. The Morgan fingerprint density at radius 2 is 1.74 bits per heavy atom. The van der Waals surface area contributed by atoms with Crippen molar-refractivity contribution >= 4 is 38.3 Å². The number of benzene rings is 2. The van der Waals surface area contributed by atoms with Gasteiger partial charge in [-0.15, -0.1) is 0 Å². The number of rotatable bonds is 6. The van der Waals surface area contributed by atoms with E-state index in [1.54, 1.807) is 42.6 Å². The van der Waals surface area contributed by atoms with Crippen LogP contribution in [0.5, 0.6) is 0 Å². The van der Waals surface area contributed by atoms with E-state index in [1.807, 2.05) is 26.0 Å². The highest BCUT2D eigenvalue weighted by atomic mass is 32.2. The monoisotopic (exact) mass is 486 g/mol. The van der Waals surface area contributed by atoms with Crippen LogP contribution >= 0.6 is 0 Å². The van der Waals surface area contributed by atoms with Crippen LogP contribution in [-0.4, -0.2) is 35.5 Å². The summed E-state index contributed by atoms with van der Waals surface area (Å²) in [5.41, 5.74) is 2.34. The average Bonchev–Trinajstić information content (AvgIpc) is 2.83. The van der Waals surface area contributed by atoms with Gasteiger partial charge in [0.2, 0.25) is 0 Å². The molecule has 0 aliphatic heterocycles. The number of sulfonamides is 1. The van der Waals surface area contributed by atoms with Gasteiger partial charge in [0.15, 0.2) is 0 Å². The fourth-order valence-electron chi connectivity index (χ4n) is 3.42. The van der Waals surface area contributed by atoms with Gasteiger partial charge in [0.1, 0.15) is 10.6 Å². The molecule has 0 unspecified atom stereocenters. The highest BCUT2D eigenvalue weighted by molar-refractivity contribution is 7.93. The molecule has 0 fully saturated rings. The van der Waals surface area contributed by atoms with Crippen molar-refractivity contribution in [1.29, 1.82) is 0 Å². The van der Waals surface area contributed by atoms with Crippen molar-refractivity contribution in [3.05, 3.63) is 89.9 Å². The lowest BCUT2D eigenvalue weighted by Gasteiger charge is -2.15. The minimum absolute atomic E-state index is 0.0543. The molecule has 0 bridgehead atoms. The Kier molecular flexibility index (Phi) is 6.66. The molecular weight excluding hydrogens is 464 g/mol. The molecule has 0 spiro atoms. The normalized spacial score (nSPS) is 11.1. The fourth-order valence-corrected chi connectivity index (χ4v) is 4.67. The number of pyridine rings is 2. The van der Waals surface area contributed by atoms with E-state index in [9.17, 15) is 13.2 Å². The van der Waals surface area contributed by atoms with Gasteiger partial charge >= 0.3 is 5.97 Å². The van der Waals surface area contributed by atoms with Crippen molar-refractivity contribution < 1.29 is 18.3 Å². The van der Waals surface area contributed by atoms with Gasteiger partial charge in [-0.05, 0) is 50.2 Å². The number of aromatic nitrogens is 2. The standard InChI is InChI=1S/C26H22N4O4S/c1-17(2)29-22-14-15-27-25-20(22)7-5-9-24(25)35(33,34)30-21-8-4-3-6-19(21)12-10-18-11-13-23(26(31)32)28-16-18/h3-9,11,13-17,30H,1-2H3,(H,27,29)(H,31,32). The molecule has 0 radical (unpaired) electrons. The predicted molar refractivity (Wildman–Crippen MR) is 135 cm³/mol. The smallest absolute Gasteiger partial charge is 0.354 e. The lowest BCUT2D eigenvalue weighted by atomic mass is 10.1. The van der Waals surface area contributed by atoms with Crippen LogP contribution in [0.15, 0.2) is 78.0 Å². The van der Waals surface area contributed by atoms with Gasteiger partial charge in [0, 0.05) is 40.6 Å². The molecule has 0 saturated carbocycles. The van der Waals surface area contributed by atoms with E-state index >= 15 is 0 Å². The Hall–Kier alpha value is -4.42. The molecule has 8 nitrogen and oxygen atoms in total. The molecule has 3 N–H and O–H groups in total. The second-order valence-corrected chi connectivity index (χ2v) is 9.60. The Labute approximate surface area is 203 Å². The first kappa shape index (κ1) is 23.7. The first-order valence-corrected chi connectivity index (χ1v) is 12.2. The van der Waals surface area contributed by atoms with Gasteiger partial charge in [-0.1, -0.05) is 36.1 Å². The Morgan fingerprint density at radius 1 is 0.943 bits per heavy atom. The summed E-state index contributed by atoms with van der Waals surface area (Å²) in [5, 5.41) is 13.0. The lowest BCUT2D eigenvalue weighted by molar-refractivity contribution is 0.0690.